The summed E-state index contributed by atoms with van der Waals surface area (Å²) < 4.78 is 7.75. The maximum atomic E-state index is 5.77. The molecular weight excluding hydrogens is 444 g/mol. The summed E-state index contributed by atoms with van der Waals surface area (Å²) in [5.74, 6) is 0.879. The molecule has 0 spiro atoms. The second-order valence-corrected chi connectivity index (χ2v) is 7.73. The number of aromatic amines is 1. The van der Waals surface area contributed by atoms with E-state index in [2.05, 4.69) is 91.7 Å². The number of rotatable bonds is 8. The molecule has 0 saturated carbocycles. The quantitative estimate of drug-likeness (QED) is 0.411. The average molecular weight is 466 g/mol. The van der Waals surface area contributed by atoms with E-state index in [9.17, 15) is 0 Å². The number of hydrogen-bond acceptors (Lipinski definition) is 2. The predicted molar refractivity (Wildman–Crippen MR) is 111 cm³/mol. The number of fused-ring (bicyclic) bond motifs is 1. The van der Waals surface area contributed by atoms with Crippen LogP contribution < -0.4 is 10.1 Å². The van der Waals surface area contributed by atoms with Gasteiger partial charge in [0.25, 0.3) is 0 Å². The van der Waals surface area contributed by atoms with Gasteiger partial charge in [0, 0.05) is 23.6 Å². The van der Waals surface area contributed by atoms with Crippen molar-refractivity contribution in [1.29, 1.82) is 0 Å². The number of hydrogen-bond donors (Lipinski definition) is 2. The SMILES string of the molecule is CCCOc1c(Br)cc(CNCCc2c[nH]c3ccccc23)cc1Br. The molecule has 0 aliphatic rings. The third kappa shape index (κ3) is 4.66. The molecule has 0 unspecified atom stereocenters. The first kappa shape index (κ1) is 18.5. The highest BCUT2D eigenvalue weighted by molar-refractivity contribution is 9.11. The van der Waals surface area contributed by atoms with E-state index in [1.54, 1.807) is 0 Å². The van der Waals surface area contributed by atoms with Crippen LogP contribution in [0.1, 0.15) is 24.5 Å². The average Bonchev–Trinajstić information content (AvgIpc) is 3.01. The van der Waals surface area contributed by atoms with Crippen molar-refractivity contribution in [3.05, 3.63) is 62.7 Å². The molecule has 0 saturated heterocycles. The van der Waals surface area contributed by atoms with Crippen molar-refractivity contribution in [3.63, 3.8) is 0 Å². The summed E-state index contributed by atoms with van der Waals surface area (Å²) >= 11 is 7.22. The van der Waals surface area contributed by atoms with Gasteiger partial charge in [-0.3, -0.25) is 0 Å². The highest BCUT2D eigenvalue weighted by Gasteiger charge is 2.09. The zero-order valence-electron chi connectivity index (χ0n) is 14.2. The minimum absolute atomic E-state index is 0.722. The lowest BCUT2D eigenvalue weighted by Gasteiger charge is -2.12. The Morgan fingerprint density at radius 2 is 1.88 bits per heavy atom. The van der Waals surface area contributed by atoms with E-state index in [0.717, 1.165) is 47.2 Å². The number of halogens is 2. The Morgan fingerprint density at radius 3 is 2.64 bits per heavy atom. The normalized spacial score (nSPS) is 11.2. The maximum Gasteiger partial charge on any atom is 0.147 e. The van der Waals surface area contributed by atoms with E-state index in [1.807, 2.05) is 0 Å². The molecule has 2 N–H and O–H groups in total. The fraction of sp³-hybridized carbons (Fsp3) is 0.300. The molecule has 0 aliphatic heterocycles. The minimum Gasteiger partial charge on any atom is -0.491 e. The van der Waals surface area contributed by atoms with E-state index >= 15 is 0 Å². The second-order valence-electron chi connectivity index (χ2n) is 6.02. The molecule has 0 bridgehead atoms. The summed E-state index contributed by atoms with van der Waals surface area (Å²) in [7, 11) is 0. The van der Waals surface area contributed by atoms with Crippen LogP contribution >= 0.6 is 31.9 Å². The number of ether oxygens (including phenoxy) is 1. The van der Waals surface area contributed by atoms with Crippen LogP contribution in [-0.4, -0.2) is 18.1 Å². The lowest BCUT2D eigenvalue weighted by Crippen LogP contribution is -2.16. The maximum absolute atomic E-state index is 5.77. The third-order valence-electron chi connectivity index (χ3n) is 4.08. The highest BCUT2D eigenvalue weighted by Crippen LogP contribution is 2.34. The van der Waals surface area contributed by atoms with Crippen LogP contribution in [0.5, 0.6) is 5.75 Å². The van der Waals surface area contributed by atoms with Crippen molar-refractivity contribution in [2.75, 3.05) is 13.2 Å². The molecular formula is C20H22Br2N2O. The Balaban J connectivity index is 1.55. The van der Waals surface area contributed by atoms with E-state index in [0.29, 0.717) is 0 Å². The van der Waals surface area contributed by atoms with E-state index in [1.165, 1.54) is 22.0 Å². The van der Waals surface area contributed by atoms with Gasteiger partial charge in [-0.25, -0.2) is 0 Å². The van der Waals surface area contributed by atoms with E-state index in [-0.39, 0.29) is 0 Å². The van der Waals surface area contributed by atoms with Crippen LogP contribution in [0.15, 0.2) is 51.5 Å². The van der Waals surface area contributed by atoms with Crippen molar-refractivity contribution in [1.82, 2.24) is 10.3 Å². The zero-order chi connectivity index (χ0) is 17.6. The molecule has 0 amide bonds. The zero-order valence-corrected chi connectivity index (χ0v) is 17.4. The molecule has 0 radical (unpaired) electrons. The number of benzene rings is 2. The number of nitrogens with one attached hydrogen (secondary N) is 2. The first-order valence-electron chi connectivity index (χ1n) is 8.55. The predicted octanol–water partition coefficient (Wildman–Crippen LogP) is 5.81. The molecule has 1 heterocycles. The summed E-state index contributed by atoms with van der Waals surface area (Å²) in [5.41, 5.74) is 3.78. The van der Waals surface area contributed by atoms with Gasteiger partial charge in [0.15, 0.2) is 0 Å². The molecule has 3 nitrogen and oxygen atoms in total. The van der Waals surface area contributed by atoms with Gasteiger partial charge in [-0.15, -0.1) is 0 Å². The van der Waals surface area contributed by atoms with Gasteiger partial charge in [0.1, 0.15) is 5.75 Å². The molecule has 5 heteroatoms. The Bertz CT molecular complexity index is 822. The Kier molecular flexibility index (Phi) is 6.57. The van der Waals surface area contributed by atoms with Crippen molar-refractivity contribution in [2.45, 2.75) is 26.3 Å². The monoisotopic (exact) mass is 464 g/mol. The van der Waals surface area contributed by atoms with Crippen LogP contribution in [0.4, 0.5) is 0 Å². The van der Waals surface area contributed by atoms with Gasteiger partial charge in [0.05, 0.1) is 15.6 Å². The summed E-state index contributed by atoms with van der Waals surface area (Å²) in [4.78, 5) is 3.33. The molecule has 0 fully saturated rings. The first-order valence-corrected chi connectivity index (χ1v) is 10.1. The van der Waals surface area contributed by atoms with Gasteiger partial charge in [-0.1, -0.05) is 25.1 Å². The van der Waals surface area contributed by atoms with Gasteiger partial charge in [-0.05, 0) is 80.6 Å². The number of H-pyrrole nitrogens is 1. The number of para-hydroxylation sites is 1. The second kappa shape index (κ2) is 8.88. The molecule has 25 heavy (non-hydrogen) atoms. The lowest BCUT2D eigenvalue weighted by atomic mass is 10.1. The van der Waals surface area contributed by atoms with Crippen LogP contribution in [0.2, 0.25) is 0 Å². The van der Waals surface area contributed by atoms with Crippen molar-refractivity contribution in [2.24, 2.45) is 0 Å². The van der Waals surface area contributed by atoms with Crippen molar-refractivity contribution in [3.8, 4) is 5.75 Å². The van der Waals surface area contributed by atoms with Crippen molar-refractivity contribution >= 4 is 42.8 Å². The molecule has 2 aromatic carbocycles. The molecule has 1 aromatic heterocycles. The largest absolute Gasteiger partial charge is 0.491 e. The Hall–Kier alpha value is -1.30. The topological polar surface area (TPSA) is 37.0 Å². The Labute approximate surface area is 165 Å². The van der Waals surface area contributed by atoms with Crippen molar-refractivity contribution < 1.29 is 4.74 Å². The van der Waals surface area contributed by atoms with Crippen LogP contribution in [0.25, 0.3) is 10.9 Å². The summed E-state index contributed by atoms with van der Waals surface area (Å²) in [6.07, 6.45) is 4.11. The van der Waals surface area contributed by atoms with E-state index < -0.39 is 0 Å². The van der Waals surface area contributed by atoms with Crippen LogP contribution in [0.3, 0.4) is 0 Å². The van der Waals surface area contributed by atoms with Gasteiger partial charge in [-0.2, -0.15) is 0 Å². The summed E-state index contributed by atoms with van der Waals surface area (Å²) in [6, 6.07) is 12.7. The van der Waals surface area contributed by atoms with Gasteiger partial charge < -0.3 is 15.0 Å². The minimum atomic E-state index is 0.722. The fourth-order valence-electron chi connectivity index (χ4n) is 2.85. The molecule has 0 aliphatic carbocycles. The molecule has 132 valence electrons. The highest BCUT2D eigenvalue weighted by atomic mass is 79.9. The summed E-state index contributed by atoms with van der Waals surface area (Å²) in [5, 5.41) is 4.84. The molecule has 0 atom stereocenters. The van der Waals surface area contributed by atoms with Crippen LogP contribution in [0, 0.1) is 0 Å². The standard InChI is InChI=1S/C20H22Br2N2O/c1-2-9-25-20-17(21)10-14(11-18(20)22)12-23-8-7-15-13-24-19-6-4-3-5-16(15)19/h3-6,10-11,13,23-24H,2,7-9,12H2,1H3. The fourth-order valence-corrected chi connectivity index (χ4v) is 4.36. The molecule has 3 aromatic rings. The summed E-state index contributed by atoms with van der Waals surface area (Å²) in [6.45, 7) is 4.59. The lowest BCUT2D eigenvalue weighted by molar-refractivity contribution is 0.313. The van der Waals surface area contributed by atoms with E-state index in [4.69, 9.17) is 4.74 Å². The van der Waals surface area contributed by atoms with Gasteiger partial charge >= 0.3 is 0 Å². The third-order valence-corrected chi connectivity index (χ3v) is 5.26. The number of aromatic nitrogens is 1. The van der Waals surface area contributed by atoms with Gasteiger partial charge in [0.2, 0.25) is 0 Å². The van der Waals surface area contributed by atoms with Crippen LogP contribution in [-0.2, 0) is 13.0 Å². The smallest absolute Gasteiger partial charge is 0.147 e. The Morgan fingerprint density at radius 1 is 1.12 bits per heavy atom. The molecule has 3 rings (SSSR count). The first-order chi connectivity index (χ1) is 12.2.